The first-order valence-corrected chi connectivity index (χ1v) is 3.87. The molecule has 1 nitrogen and oxygen atoms in total. The minimum absolute atomic E-state index is 0.240. The molecule has 0 aliphatic heterocycles. The molecule has 0 radical (unpaired) electrons. The molecule has 0 fully saturated rings. The molecule has 0 unspecified atom stereocenters. The number of hydrogen-bond donors (Lipinski definition) is 0. The summed E-state index contributed by atoms with van der Waals surface area (Å²) >= 11 is 25.7. The largest absolute Gasteiger partial charge is 0.290 e. The van der Waals surface area contributed by atoms with Gasteiger partial charge in [-0.05, 0) is 0 Å². The monoisotopic (exact) mass is 240 g/mol. The van der Waals surface area contributed by atoms with Crippen molar-refractivity contribution >= 4 is 63.8 Å². The van der Waals surface area contributed by atoms with Crippen LogP contribution in [0.2, 0.25) is 0 Å². The molecule has 0 aliphatic rings. The number of alkyl halides is 3. The van der Waals surface area contributed by atoms with Gasteiger partial charge in [-0.2, -0.15) is 0 Å². The molecule has 58 valence electrons. The van der Waals surface area contributed by atoms with Crippen molar-refractivity contribution in [2.45, 2.75) is 3.79 Å². The first-order valence-electron chi connectivity index (χ1n) is 1.98. The van der Waals surface area contributed by atoms with Gasteiger partial charge in [0.1, 0.15) is 4.49 Å². The van der Waals surface area contributed by atoms with Crippen molar-refractivity contribution in [3.05, 3.63) is 10.6 Å². The molecule has 0 aromatic heterocycles. The predicted octanol–water partition coefficient (Wildman–Crippen LogP) is 3.24. The summed E-state index contributed by atoms with van der Waals surface area (Å²) in [4.78, 5) is 10.6. The fourth-order valence-corrected chi connectivity index (χ4v) is 0.543. The standard InChI is InChI=1S/C4HCl5O/c5-3(6)1-2(10)4(7,8)9/h1H. The zero-order chi connectivity index (χ0) is 8.36. The minimum Gasteiger partial charge on any atom is -0.290 e. The first kappa shape index (κ1) is 10.9. The van der Waals surface area contributed by atoms with E-state index < -0.39 is 9.58 Å². The average Bonchev–Trinajstić information content (AvgIpc) is 1.60. The van der Waals surface area contributed by atoms with Gasteiger partial charge in [0.2, 0.25) is 5.78 Å². The molecule has 0 N–H and O–H groups in total. The maximum atomic E-state index is 10.6. The predicted molar refractivity (Wildman–Crippen MR) is 45.1 cm³/mol. The van der Waals surface area contributed by atoms with E-state index in [1.54, 1.807) is 0 Å². The van der Waals surface area contributed by atoms with Gasteiger partial charge in [0, 0.05) is 6.08 Å². The van der Waals surface area contributed by atoms with Crippen LogP contribution in [0.4, 0.5) is 0 Å². The van der Waals surface area contributed by atoms with E-state index in [0.717, 1.165) is 6.08 Å². The molecule has 0 aromatic rings. The number of carbonyl (C=O) groups excluding carboxylic acids is 1. The first-order chi connectivity index (χ1) is 4.34. The Morgan fingerprint density at radius 2 is 1.60 bits per heavy atom. The number of allylic oxidation sites excluding steroid dienone is 1. The van der Waals surface area contributed by atoms with Crippen LogP contribution in [0.15, 0.2) is 10.6 Å². The fraction of sp³-hybridized carbons (Fsp3) is 0.250. The molecule has 0 rings (SSSR count). The summed E-state index contributed by atoms with van der Waals surface area (Å²) < 4.78 is -2.22. The summed E-state index contributed by atoms with van der Waals surface area (Å²) in [6, 6.07) is 0. The van der Waals surface area contributed by atoms with E-state index in [4.69, 9.17) is 58.0 Å². The highest BCUT2D eigenvalue weighted by Crippen LogP contribution is 2.28. The van der Waals surface area contributed by atoms with Crippen molar-refractivity contribution in [3.8, 4) is 0 Å². The lowest BCUT2D eigenvalue weighted by molar-refractivity contribution is -0.113. The highest BCUT2D eigenvalue weighted by Gasteiger charge is 2.28. The smallest absolute Gasteiger partial charge is 0.252 e. The van der Waals surface area contributed by atoms with Gasteiger partial charge in [-0.3, -0.25) is 4.79 Å². The van der Waals surface area contributed by atoms with Crippen molar-refractivity contribution in [2.75, 3.05) is 0 Å². The molecule has 0 aliphatic carbocycles. The Bertz CT molecular complexity index is 163. The van der Waals surface area contributed by atoms with Crippen LogP contribution in [0, 0.1) is 0 Å². The van der Waals surface area contributed by atoms with E-state index >= 15 is 0 Å². The van der Waals surface area contributed by atoms with E-state index in [2.05, 4.69) is 0 Å². The van der Waals surface area contributed by atoms with Crippen LogP contribution in [0.5, 0.6) is 0 Å². The van der Waals surface area contributed by atoms with Crippen LogP contribution < -0.4 is 0 Å². The Labute approximate surface area is 82.8 Å². The Morgan fingerprint density at radius 3 is 1.70 bits per heavy atom. The van der Waals surface area contributed by atoms with Crippen molar-refractivity contribution in [1.82, 2.24) is 0 Å². The Morgan fingerprint density at radius 1 is 1.20 bits per heavy atom. The molecule has 0 saturated carbocycles. The third-order valence-corrected chi connectivity index (χ3v) is 1.30. The summed E-state index contributed by atoms with van der Waals surface area (Å²) in [5.74, 6) is -0.766. The second-order valence-electron chi connectivity index (χ2n) is 1.30. The molecule has 10 heavy (non-hydrogen) atoms. The quantitative estimate of drug-likeness (QED) is 0.509. The lowest BCUT2D eigenvalue weighted by Crippen LogP contribution is -2.15. The van der Waals surface area contributed by atoms with Crippen molar-refractivity contribution in [3.63, 3.8) is 0 Å². The molecule has 0 aromatic carbocycles. The number of rotatable bonds is 1. The van der Waals surface area contributed by atoms with Gasteiger partial charge in [-0.1, -0.05) is 58.0 Å². The fourth-order valence-electron chi connectivity index (χ4n) is 0.181. The Balaban J connectivity index is 4.27. The topological polar surface area (TPSA) is 17.1 Å². The zero-order valence-electron chi connectivity index (χ0n) is 4.38. The van der Waals surface area contributed by atoms with Crippen LogP contribution in [0.3, 0.4) is 0 Å². The van der Waals surface area contributed by atoms with Crippen LogP contribution in [0.25, 0.3) is 0 Å². The zero-order valence-corrected chi connectivity index (χ0v) is 8.16. The molecular weight excluding hydrogens is 241 g/mol. The molecule has 0 amide bonds. The molecule has 0 spiro atoms. The molecule has 0 heterocycles. The van der Waals surface area contributed by atoms with Crippen molar-refractivity contribution in [1.29, 1.82) is 0 Å². The van der Waals surface area contributed by atoms with Crippen molar-refractivity contribution < 1.29 is 4.79 Å². The summed E-state index contributed by atoms with van der Waals surface area (Å²) in [7, 11) is 0. The van der Waals surface area contributed by atoms with Gasteiger partial charge in [0.05, 0.1) is 0 Å². The Hall–Kier alpha value is 0.860. The van der Waals surface area contributed by atoms with E-state index in [-0.39, 0.29) is 4.49 Å². The number of halogens is 5. The third-order valence-electron chi connectivity index (χ3n) is 0.520. The highest BCUT2D eigenvalue weighted by molar-refractivity contribution is 6.77. The van der Waals surface area contributed by atoms with Crippen molar-refractivity contribution in [2.24, 2.45) is 0 Å². The molecule has 0 saturated heterocycles. The van der Waals surface area contributed by atoms with E-state index in [1.165, 1.54) is 0 Å². The molecule has 6 heteroatoms. The van der Waals surface area contributed by atoms with E-state index in [1.807, 2.05) is 0 Å². The SMILES string of the molecule is O=C(C=C(Cl)Cl)C(Cl)(Cl)Cl. The third kappa shape index (κ3) is 4.64. The summed E-state index contributed by atoms with van der Waals surface area (Å²) in [6.07, 6.45) is 0.829. The Kier molecular flexibility index (Phi) is 4.38. The van der Waals surface area contributed by atoms with Crippen LogP contribution >= 0.6 is 58.0 Å². The second-order valence-corrected chi connectivity index (χ2v) is 4.59. The van der Waals surface area contributed by atoms with Gasteiger partial charge in [0.25, 0.3) is 3.79 Å². The summed E-state index contributed by atoms with van der Waals surface area (Å²) in [5.41, 5.74) is 0. The molecule has 0 atom stereocenters. The highest BCUT2D eigenvalue weighted by atomic mass is 35.6. The normalized spacial score (nSPS) is 10.9. The van der Waals surface area contributed by atoms with Gasteiger partial charge < -0.3 is 0 Å². The van der Waals surface area contributed by atoms with Gasteiger partial charge in [0.15, 0.2) is 0 Å². The average molecular weight is 242 g/mol. The summed E-state index contributed by atoms with van der Waals surface area (Å²) in [6.45, 7) is 0. The molecule has 0 bridgehead atoms. The lowest BCUT2D eigenvalue weighted by Gasteiger charge is -2.03. The van der Waals surface area contributed by atoms with Gasteiger partial charge >= 0.3 is 0 Å². The van der Waals surface area contributed by atoms with Crippen LogP contribution in [-0.4, -0.2) is 9.58 Å². The van der Waals surface area contributed by atoms with Gasteiger partial charge in [-0.25, -0.2) is 0 Å². The van der Waals surface area contributed by atoms with Crippen LogP contribution in [-0.2, 0) is 4.79 Å². The lowest BCUT2D eigenvalue weighted by atomic mass is 10.4. The molecular formula is C4HCl5O. The number of hydrogen-bond acceptors (Lipinski definition) is 1. The van der Waals surface area contributed by atoms with E-state index in [9.17, 15) is 4.79 Å². The van der Waals surface area contributed by atoms with E-state index in [0.29, 0.717) is 0 Å². The maximum absolute atomic E-state index is 10.6. The summed E-state index contributed by atoms with van der Waals surface area (Å²) in [5, 5.41) is 0. The maximum Gasteiger partial charge on any atom is 0.252 e. The second kappa shape index (κ2) is 4.03. The number of carbonyl (C=O) groups is 1. The van der Waals surface area contributed by atoms with Crippen LogP contribution in [0.1, 0.15) is 0 Å². The number of ketones is 1. The van der Waals surface area contributed by atoms with Gasteiger partial charge in [-0.15, -0.1) is 0 Å². The minimum atomic E-state index is -1.98.